The number of aliphatic carboxylic acids is 3. The maximum Gasteiger partial charge on any atom is 0.322 e. The molecule has 7 N–H and O–H groups in total. The zero-order valence-electron chi connectivity index (χ0n) is 16.2. The van der Waals surface area contributed by atoms with Crippen molar-refractivity contribution in [1.82, 2.24) is 10.6 Å². The minimum atomic E-state index is -1.33. The van der Waals surface area contributed by atoms with Gasteiger partial charge in [0.2, 0.25) is 11.8 Å². The standard InChI is InChI=1S/C16H25N3O10S/c1-2-29-16(28)10(5-12(21)22)30-7-9(14(25)18-6-13(23)24)19-11(20)4-3-8(17)15(26)27/h8-10H,2-7,17H2,1H3,(H,18,25)(H,19,20)(H,21,22)(H,23,24)(H,26,27)/t8-,9-,10?/m0/s1. The number of amides is 2. The highest BCUT2D eigenvalue weighted by Gasteiger charge is 2.28. The van der Waals surface area contributed by atoms with Crippen LogP contribution in [-0.4, -0.2) is 87.2 Å². The molecular formula is C16H25N3O10S. The highest BCUT2D eigenvalue weighted by molar-refractivity contribution is 8.00. The Bertz CT molecular complexity index is 657. The van der Waals surface area contributed by atoms with E-state index in [1.807, 2.05) is 0 Å². The smallest absolute Gasteiger partial charge is 0.322 e. The van der Waals surface area contributed by atoms with Crippen molar-refractivity contribution in [2.75, 3.05) is 18.9 Å². The van der Waals surface area contributed by atoms with Gasteiger partial charge in [-0.05, 0) is 13.3 Å². The number of esters is 1. The lowest BCUT2D eigenvalue weighted by atomic mass is 10.1. The van der Waals surface area contributed by atoms with Crippen LogP contribution in [0, 0.1) is 0 Å². The fraction of sp³-hybridized carbons (Fsp3) is 0.625. The van der Waals surface area contributed by atoms with Gasteiger partial charge in [-0.25, -0.2) is 0 Å². The average Bonchev–Trinajstić information content (AvgIpc) is 2.65. The number of carbonyl (C=O) groups is 6. The van der Waals surface area contributed by atoms with Gasteiger partial charge in [0.05, 0.1) is 13.0 Å². The summed E-state index contributed by atoms with van der Waals surface area (Å²) in [6.07, 6.45) is -1.12. The first kappa shape index (κ1) is 27.1. The van der Waals surface area contributed by atoms with E-state index in [-0.39, 0.29) is 25.2 Å². The van der Waals surface area contributed by atoms with Crippen molar-refractivity contribution in [3.8, 4) is 0 Å². The predicted octanol–water partition coefficient (Wildman–Crippen LogP) is -2.00. The third kappa shape index (κ3) is 11.9. The summed E-state index contributed by atoms with van der Waals surface area (Å²) in [5.41, 5.74) is 5.31. The van der Waals surface area contributed by atoms with E-state index in [0.717, 1.165) is 11.8 Å². The van der Waals surface area contributed by atoms with Crippen molar-refractivity contribution < 1.29 is 48.8 Å². The van der Waals surface area contributed by atoms with Gasteiger partial charge in [0.15, 0.2) is 0 Å². The van der Waals surface area contributed by atoms with Gasteiger partial charge in [0, 0.05) is 12.2 Å². The van der Waals surface area contributed by atoms with Crippen molar-refractivity contribution in [3.05, 3.63) is 0 Å². The highest BCUT2D eigenvalue weighted by atomic mass is 32.2. The maximum atomic E-state index is 12.2. The second kappa shape index (κ2) is 14.2. The Morgan fingerprint density at radius 3 is 2.20 bits per heavy atom. The second-order valence-corrected chi connectivity index (χ2v) is 7.12. The van der Waals surface area contributed by atoms with Crippen LogP contribution in [0.25, 0.3) is 0 Å². The molecule has 3 atom stereocenters. The Hall–Kier alpha value is -2.87. The van der Waals surface area contributed by atoms with Crippen LogP contribution in [0.15, 0.2) is 0 Å². The largest absolute Gasteiger partial charge is 0.481 e. The van der Waals surface area contributed by atoms with Crippen LogP contribution >= 0.6 is 11.8 Å². The van der Waals surface area contributed by atoms with E-state index < -0.39 is 66.0 Å². The summed E-state index contributed by atoms with van der Waals surface area (Å²) in [6.45, 7) is 0.819. The van der Waals surface area contributed by atoms with E-state index in [4.69, 9.17) is 25.8 Å². The molecule has 0 aliphatic heterocycles. The van der Waals surface area contributed by atoms with E-state index in [2.05, 4.69) is 10.6 Å². The summed E-state index contributed by atoms with van der Waals surface area (Å²) in [6, 6.07) is -2.60. The summed E-state index contributed by atoms with van der Waals surface area (Å²) in [4.78, 5) is 68.4. The van der Waals surface area contributed by atoms with Crippen LogP contribution in [0.4, 0.5) is 0 Å². The predicted molar refractivity (Wildman–Crippen MR) is 103 cm³/mol. The molecular weight excluding hydrogens is 426 g/mol. The fourth-order valence-corrected chi connectivity index (χ4v) is 3.09. The lowest BCUT2D eigenvalue weighted by Crippen LogP contribution is -2.50. The number of ether oxygens (including phenoxy) is 1. The van der Waals surface area contributed by atoms with Crippen molar-refractivity contribution in [3.63, 3.8) is 0 Å². The third-order valence-electron chi connectivity index (χ3n) is 3.44. The molecule has 0 aromatic rings. The molecule has 30 heavy (non-hydrogen) atoms. The molecule has 0 aromatic heterocycles. The lowest BCUT2D eigenvalue weighted by Gasteiger charge is -2.20. The summed E-state index contributed by atoms with van der Waals surface area (Å²) in [5, 5.41) is 29.6. The first-order valence-corrected chi connectivity index (χ1v) is 9.80. The molecule has 0 aromatic carbocycles. The number of carbonyl (C=O) groups excluding carboxylic acids is 3. The summed E-state index contributed by atoms with van der Waals surface area (Å²) in [7, 11) is 0. The third-order valence-corrected chi connectivity index (χ3v) is 4.73. The number of nitrogens with two attached hydrogens (primary N) is 1. The Kier molecular flexibility index (Phi) is 12.8. The van der Waals surface area contributed by atoms with Gasteiger partial charge in [-0.2, -0.15) is 0 Å². The molecule has 0 saturated heterocycles. The van der Waals surface area contributed by atoms with E-state index in [1.54, 1.807) is 0 Å². The van der Waals surface area contributed by atoms with Crippen LogP contribution in [-0.2, 0) is 33.5 Å². The van der Waals surface area contributed by atoms with Gasteiger partial charge >= 0.3 is 23.9 Å². The SMILES string of the molecule is CCOC(=O)C(CC(=O)O)SC[C@H](NC(=O)CC[C@H](N)C(=O)O)C(=O)NCC(=O)O. The number of carboxylic acid groups (broad SMARTS) is 3. The molecule has 0 fully saturated rings. The number of nitrogens with one attached hydrogen (secondary N) is 2. The normalized spacial score (nSPS) is 13.4. The minimum Gasteiger partial charge on any atom is -0.481 e. The first-order chi connectivity index (χ1) is 14.0. The highest BCUT2D eigenvalue weighted by Crippen LogP contribution is 2.18. The molecule has 0 rings (SSSR count). The van der Waals surface area contributed by atoms with Crippen LogP contribution in [0.1, 0.15) is 26.2 Å². The summed E-state index contributed by atoms with van der Waals surface area (Å²) < 4.78 is 4.79. The summed E-state index contributed by atoms with van der Waals surface area (Å²) in [5.74, 6) is -6.59. The first-order valence-electron chi connectivity index (χ1n) is 8.75. The fourth-order valence-electron chi connectivity index (χ4n) is 1.96. The van der Waals surface area contributed by atoms with E-state index in [0.29, 0.717) is 0 Å². The number of hydrogen-bond acceptors (Lipinski definition) is 9. The Morgan fingerprint density at radius 2 is 1.70 bits per heavy atom. The van der Waals surface area contributed by atoms with Gasteiger partial charge in [0.1, 0.15) is 23.9 Å². The molecule has 1 unspecified atom stereocenters. The molecule has 0 radical (unpaired) electrons. The zero-order valence-corrected chi connectivity index (χ0v) is 17.0. The Morgan fingerprint density at radius 1 is 1.07 bits per heavy atom. The maximum absolute atomic E-state index is 12.2. The number of carboxylic acids is 3. The zero-order chi connectivity index (χ0) is 23.3. The monoisotopic (exact) mass is 451 g/mol. The molecule has 0 spiro atoms. The van der Waals surface area contributed by atoms with E-state index in [1.165, 1.54) is 6.92 Å². The van der Waals surface area contributed by atoms with Crippen LogP contribution in [0.3, 0.4) is 0 Å². The van der Waals surface area contributed by atoms with Crippen molar-refractivity contribution in [2.45, 2.75) is 43.5 Å². The molecule has 0 saturated carbocycles. The molecule has 170 valence electrons. The Labute approximate surface area is 175 Å². The van der Waals surface area contributed by atoms with Gasteiger partial charge in [-0.3, -0.25) is 28.8 Å². The number of rotatable bonds is 15. The minimum absolute atomic E-state index is 0.0125. The molecule has 13 nitrogen and oxygen atoms in total. The van der Waals surface area contributed by atoms with Gasteiger partial charge in [0.25, 0.3) is 0 Å². The van der Waals surface area contributed by atoms with Crippen LogP contribution in [0.5, 0.6) is 0 Å². The second-order valence-electron chi connectivity index (χ2n) is 5.89. The van der Waals surface area contributed by atoms with Crippen LogP contribution < -0.4 is 16.4 Å². The molecule has 0 aliphatic rings. The molecule has 0 bridgehead atoms. The number of hydrogen-bond donors (Lipinski definition) is 6. The van der Waals surface area contributed by atoms with Gasteiger partial charge in [-0.15, -0.1) is 11.8 Å². The average molecular weight is 451 g/mol. The van der Waals surface area contributed by atoms with E-state index in [9.17, 15) is 28.8 Å². The van der Waals surface area contributed by atoms with Crippen molar-refractivity contribution in [2.24, 2.45) is 5.73 Å². The van der Waals surface area contributed by atoms with Gasteiger partial charge in [-0.1, -0.05) is 0 Å². The topological polar surface area (TPSA) is 222 Å². The number of thioether (sulfide) groups is 1. The van der Waals surface area contributed by atoms with Crippen molar-refractivity contribution >= 4 is 47.5 Å². The van der Waals surface area contributed by atoms with E-state index >= 15 is 0 Å². The molecule has 2 amide bonds. The van der Waals surface area contributed by atoms with Crippen molar-refractivity contribution in [1.29, 1.82) is 0 Å². The molecule has 0 heterocycles. The van der Waals surface area contributed by atoms with Crippen LogP contribution in [0.2, 0.25) is 0 Å². The summed E-state index contributed by atoms with van der Waals surface area (Å²) >= 11 is 0.743. The molecule has 0 aliphatic carbocycles. The molecule has 14 heteroatoms. The quantitative estimate of drug-likeness (QED) is 0.149. The lowest BCUT2D eigenvalue weighted by molar-refractivity contribution is -0.146. The Balaban J connectivity index is 5.12. The van der Waals surface area contributed by atoms with Gasteiger partial charge < -0.3 is 36.4 Å².